The van der Waals surface area contributed by atoms with Gasteiger partial charge in [0.2, 0.25) is 0 Å². The highest BCUT2D eigenvalue weighted by atomic mass is 16.5. The summed E-state index contributed by atoms with van der Waals surface area (Å²) in [5, 5.41) is 0.926. The van der Waals surface area contributed by atoms with Gasteiger partial charge in [-0.2, -0.15) is 0 Å². The molecular formula is C18H18N2O. The number of anilines is 1. The summed E-state index contributed by atoms with van der Waals surface area (Å²) in [5.74, 6) is 1.46. The molecule has 3 aromatic rings. The van der Waals surface area contributed by atoms with E-state index in [1.807, 2.05) is 36.4 Å². The Kier molecular flexibility index (Phi) is 3.73. The summed E-state index contributed by atoms with van der Waals surface area (Å²) in [6.45, 7) is 2.17. The van der Waals surface area contributed by atoms with Crippen molar-refractivity contribution in [3.8, 4) is 11.5 Å². The van der Waals surface area contributed by atoms with Gasteiger partial charge in [0.15, 0.2) is 5.75 Å². The molecular weight excluding hydrogens is 260 g/mol. The number of nitrogens with two attached hydrogens (primary N) is 1. The normalized spacial score (nSPS) is 10.7. The molecule has 0 amide bonds. The summed E-state index contributed by atoms with van der Waals surface area (Å²) in [6.07, 6.45) is 3.87. The number of aromatic nitrogens is 1. The molecule has 0 saturated heterocycles. The summed E-state index contributed by atoms with van der Waals surface area (Å²) < 4.78 is 5.99. The van der Waals surface area contributed by atoms with Crippen LogP contribution < -0.4 is 10.5 Å². The van der Waals surface area contributed by atoms with Crippen LogP contribution in [0.4, 0.5) is 5.69 Å². The van der Waals surface area contributed by atoms with Crippen LogP contribution in [-0.4, -0.2) is 4.98 Å². The Labute approximate surface area is 124 Å². The Balaban J connectivity index is 1.95. The molecule has 0 spiro atoms. The number of rotatable bonds is 4. The van der Waals surface area contributed by atoms with E-state index in [-0.39, 0.29) is 0 Å². The first-order chi connectivity index (χ1) is 10.3. The van der Waals surface area contributed by atoms with E-state index in [2.05, 4.69) is 24.0 Å². The third-order valence-electron chi connectivity index (χ3n) is 3.44. The van der Waals surface area contributed by atoms with Gasteiger partial charge in [0.05, 0.1) is 17.4 Å². The summed E-state index contributed by atoms with van der Waals surface area (Å²) in [5.41, 5.74) is 8.77. The Morgan fingerprint density at radius 2 is 1.81 bits per heavy atom. The molecule has 2 aromatic carbocycles. The monoisotopic (exact) mass is 278 g/mol. The average molecular weight is 278 g/mol. The van der Waals surface area contributed by atoms with Crippen LogP contribution in [0.15, 0.2) is 54.7 Å². The zero-order valence-corrected chi connectivity index (χ0v) is 12.0. The van der Waals surface area contributed by atoms with Gasteiger partial charge in [-0.05, 0) is 36.2 Å². The van der Waals surface area contributed by atoms with Gasteiger partial charge in [0.1, 0.15) is 5.75 Å². The predicted octanol–water partition coefficient (Wildman–Crippen LogP) is 4.56. The topological polar surface area (TPSA) is 48.1 Å². The number of para-hydroxylation sites is 1. The quantitative estimate of drug-likeness (QED) is 0.761. The lowest BCUT2D eigenvalue weighted by Crippen LogP contribution is -1.95. The molecule has 1 heterocycles. The van der Waals surface area contributed by atoms with Gasteiger partial charge in [-0.1, -0.05) is 37.6 Å². The Hall–Kier alpha value is -2.55. The van der Waals surface area contributed by atoms with Crippen LogP contribution in [0.5, 0.6) is 11.5 Å². The Bertz CT molecular complexity index is 751. The molecule has 0 atom stereocenters. The molecule has 106 valence electrons. The molecule has 0 aliphatic heterocycles. The molecule has 3 rings (SSSR count). The molecule has 0 aliphatic carbocycles. The van der Waals surface area contributed by atoms with Crippen molar-refractivity contribution in [3.63, 3.8) is 0 Å². The fraction of sp³-hybridized carbons (Fsp3) is 0.167. The fourth-order valence-corrected chi connectivity index (χ4v) is 2.38. The maximum absolute atomic E-state index is 6.02. The van der Waals surface area contributed by atoms with Crippen molar-refractivity contribution < 1.29 is 4.74 Å². The van der Waals surface area contributed by atoms with Gasteiger partial charge in [-0.3, -0.25) is 4.98 Å². The van der Waals surface area contributed by atoms with Crippen molar-refractivity contribution in [2.24, 2.45) is 0 Å². The highest BCUT2D eigenvalue weighted by Gasteiger charge is 2.08. The van der Waals surface area contributed by atoms with E-state index in [0.29, 0.717) is 11.4 Å². The van der Waals surface area contributed by atoms with Crippen molar-refractivity contribution in [2.75, 3.05) is 5.73 Å². The molecule has 1 aromatic heterocycles. The molecule has 3 nitrogen and oxygen atoms in total. The van der Waals surface area contributed by atoms with E-state index in [1.54, 1.807) is 6.20 Å². The first-order valence-corrected chi connectivity index (χ1v) is 7.18. The minimum absolute atomic E-state index is 0.548. The molecule has 0 unspecified atom stereocenters. The van der Waals surface area contributed by atoms with Crippen LogP contribution in [0.2, 0.25) is 0 Å². The van der Waals surface area contributed by atoms with E-state index in [9.17, 15) is 0 Å². The maximum Gasteiger partial charge on any atom is 0.161 e. The Morgan fingerprint density at radius 1 is 1.05 bits per heavy atom. The van der Waals surface area contributed by atoms with Crippen molar-refractivity contribution in [1.29, 1.82) is 0 Å². The summed E-state index contributed by atoms with van der Waals surface area (Å²) >= 11 is 0. The SMILES string of the molecule is CCCc1ccc(Oc2c(N)cnc3ccccc23)cc1. The molecule has 2 N–H and O–H groups in total. The predicted molar refractivity (Wildman–Crippen MR) is 86.7 cm³/mol. The maximum atomic E-state index is 6.02. The van der Waals surface area contributed by atoms with Gasteiger partial charge in [-0.25, -0.2) is 0 Å². The third kappa shape index (κ3) is 2.82. The van der Waals surface area contributed by atoms with Crippen molar-refractivity contribution >= 4 is 16.6 Å². The van der Waals surface area contributed by atoms with Crippen LogP contribution in [0.3, 0.4) is 0 Å². The van der Waals surface area contributed by atoms with Crippen LogP contribution in [-0.2, 0) is 6.42 Å². The highest BCUT2D eigenvalue weighted by Crippen LogP contribution is 2.34. The number of ether oxygens (including phenoxy) is 1. The lowest BCUT2D eigenvalue weighted by Gasteiger charge is -2.11. The highest BCUT2D eigenvalue weighted by molar-refractivity contribution is 5.89. The molecule has 0 aliphatic rings. The lowest BCUT2D eigenvalue weighted by molar-refractivity contribution is 0.490. The number of pyridine rings is 1. The summed E-state index contributed by atoms with van der Waals surface area (Å²) in [4.78, 5) is 4.32. The second-order valence-electron chi connectivity index (χ2n) is 5.06. The van der Waals surface area contributed by atoms with Gasteiger partial charge >= 0.3 is 0 Å². The molecule has 0 bridgehead atoms. The van der Waals surface area contributed by atoms with E-state index >= 15 is 0 Å². The molecule has 0 fully saturated rings. The van der Waals surface area contributed by atoms with Crippen molar-refractivity contribution in [1.82, 2.24) is 4.98 Å². The van der Waals surface area contributed by atoms with Gasteiger partial charge in [-0.15, -0.1) is 0 Å². The van der Waals surface area contributed by atoms with Crippen LogP contribution >= 0.6 is 0 Å². The number of fused-ring (bicyclic) bond motifs is 1. The minimum Gasteiger partial charge on any atom is -0.454 e. The van der Waals surface area contributed by atoms with Crippen LogP contribution in [0.1, 0.15) is 18.9 Å². The van der Waals surface area contributed by atoms with E-state index in [1.165, 1.54) is 5.56 Å². The average Bonchev–Trinajstić information content (AvgIpc) is 2.52. The van der Waals surface area contributed by atoms with E-state index in [4.69, 9.17) is 10.5 Å². The van der Waals surface area contributed by atoms with Crippen LogP contribution in [0.25, 0.3) is 10.9 Å². The first-order valence-electron chi connectivity index (χ1n) is 7.18. The molecule has 3 heteroatoms. The second kappa shape index (κ2) is 5.83. The number of hydrogen-bond donors (Lipinski definition) is 1. The lowest BCUT2D eigenvalue weighted by atomic mass is 10.1. The van der Waals surface area contributed by atoms with Crippen LogP contribution in [0, 0.1) is 0 Å². The summed E-state index contributed by atoms with van der Waals surface area (Å²) in [6, 6.07) is 16.0. The molecule has 0 radical (unpaired) electrons. The molecule has 21 heavy (non-hydrogen) atoms. The second-order valence-corrected chi connectivity index (χ2v) is 5.06. The number of nitrogens with zero attached hydrogens (tertiary/aromatic N) is 1. The Morgan fingerprint density at radius 3 is 2.57 bits per heavy atom. The van der Waals surface area contributed by atoms with Crippen molar-refractivity contribution in [2.45, 2.75) is 19.8 Å². The van der Waals surface area contributed by atoms with E-state index in [0.717, 1.165) is 29.5 Å². The zero-order valence-electron chi connectivity index (χ0n) is 12.0. The van der Waals surface area contributed by atoms with Crippen molar-refractivity contribution in [3.05, 3.63) is 60.3 Å². The van der Waals surface area contributed by atoms with Gasteiger partial charge < -0.3 is 10.5 Å². The standard InChI is InChI=1S/C18H18N2O/c1-2-5-13-8-10-14(11-9-13)21-18-15-6-3-4-7-17(15)20-12-16(18)19/h3-4,6-12H,2,5,19H2,1H3. The third-order valence-corrected chi connectivity index (χ3v) is 3.44. The van der Waals surface area contributed by atoms with Gasteiger partial charge in [0, 0.05) is 5.39 Å². The van der Waals surface area contributed by atoms with E-state index < -0.39 is 0 Å². The number of benzene rings is 2. The number of hydrogen-bond acceptors (Lipinski definition) is 3. The molecule has 0 saturated carbocycles. The summed E-state index contributed by atoms with van der Waals surface area (Å²) in [7, 11) is 0. The number of aryl methyl sites for hydroxylation is 1. The fourth-order valence-electron chi connectivity index (χ4n) is 2.38. The largest absolute Gasteiger partial charge is 0.454 e. The number of nitrogen functional groups attached to an aromatic ring is 1. The smallest absolute Gasteiger partial charge is 0.161 e. The first kappa shape index (κ1) is 13.4. The minimum atomic E-state index is 0.548. The van der Waals surface area contributed by atoms with Gasteiger partial charge in [0.25, 0.3) is 0 Å². The zero-order chi connectivity index (χ0) is 14.7.